The number of fused-ring (bicyclic) bond motifs is 1. The molecule has 0 aliphatic rings. The number of hydrogen-bond donors (Lipinski definition) is 1. The molecule has 0 saturated heterocycles. The minimum Gasteiger partial charge on any atom is -0.494 e. The molecule has 1 heterocycles. The summed E-state index contributed by atoms with van der Waals surface area (Å²) >= 11 is 1.66. The van der Waals surface area contributed by atoms with Crippen LogP contribution in [-0.4, -0.2) is 11.6 Å². The summed E-state index contributed by atoms with van der Waals surface area (Å²) in [4.78, 5) is 4.65. The molecule has 3 aromatic rings. The number of thiazole rings is 1. The highest BCUT2D eigenvalue weighted by atomic mass is 32.1. The molecule has 108 valence electrons. The average molecular weight is 298 g/mol. The second-order valence-corrected chi connectivity index (χ2v) is 6.00. The largest absolute Gasteiger partial charge is 0.494 e. The number of nitrogens with zero attached hydrogens (tertiary/aromatic N) is 1. The lowest BCUT2D eigenvalue weighted by molar-refractivity contribution is 0.309. The lowest BCUT2D eigenvalue weighted by Crippen LogP contribution is -1.95. The van der Waals surface area contributed by atoms with E-state index in [1.54, 1.807) is 11.3 Å². The standard InChI is InChI=1S/C17H18N2OS/c1-2-3-10-20-14-7-4-12(5-8-14)17-19-15-9-6-13(18)11-16(15)21-17/h4-9,11H,2-3,10,18H2,1H3. The zero-order valence-electron chi connectivity index (χ0n) is 12.0. The molecule has 0 spiro atoms. The lowest BCUT2D eigenvalue weighted by Gasteiger charge is -2.05. The molecule has 0 radical (unpaired) electrons. The molecule has 1 aromatic heterocycles. The van der Waals surface area contributed by atoms with Crippen LogP contribution in [-0.2, 0) is 0 Å². The maximum Gasteiger partial charge on any atom is 0.124 e. The number of ether oxygens (including phenoxy) is 1. The molecule has 2 N–H and O–H groups in total. The van der Waals surface area contributed by atoms with Crippen LogP contribution < -0.4 is 10.5 Å². The van der Waals surface area contributed by atoms with Crippen molar-refractivity contribution in [2.24, 2.45) is 0 Å². The number of anilines is 1. The van der Waals surface area contributed by atoms with E-state index >= 15 is 0 Å². The van der Waals surface area contributed by atoms with Crippen molar-refractivity contribution in [1.29, 1.82) is 0 Å². The quantitative estimate of drug-likeness (QED) is 0.547. The van der Waals surface area contributed by atoms with E-state index < -0.39 is 0 Å². The van der Waals surface area contributed by atoms with Crippen molar-refractivity contribution in [3.63, 3.8) is 0 Å². The van der Waals surface area contributed by atoms with Crippen LogP contribution in [0.3, 0.4) is 0 Å². The van der Waals surface area contributed by atoms with Gasteiger partial charge in [-0.25, -0.2) is 4.98 Å². The second-order valence-electron chi connectivity index (χ2n) is 4.97. The number of nitrogens with two attached hydrogens (primary N) is 1. The minimum absolute atomic E-state index is 0.774. The van der Waals surface area contributed by atoms with Gasteiger partial charge in [0.2, 0.25) is 0 Å². The maximum atomic E-state index is 5.81. The van der Waals surface area contributed by atoms with Crippen molar-refractivity contribution in [3.8, 4) is 16.3 Å². The molecule has 21 heavy (non-hydrogen) atoms. The maximum absolute atomic E-state index is 5.81. The fourth-order valence-corrected chi connectivity index (χ4v) is 3.11. The first-order valence-electron chi connectivity index (χ1n) is 7.15. The number of unbranched alkanes of at least 4 members (excludes halogenated alkanes) is 1. The van der Waals surface area contributed by atoms with Gasteiger partial charge < -0.3 is 10.5 Å². The van der Waals surface area contributed by atoms with Gasteiger partial charge in [0.05, 0.1) is 16.8 Å². The summed E-state index contributed by atoms with van der Waals surface area (Å²) in [5.74, 6) is 0.914. The molecule has 0 saturated carbocycles. The molecule has 0 aliphatic carbocycles. The lowest BCUT2D eigenvalue weighted by atomic mass is 10.2. The Morgan fingerprint density at radius 3 is 2.71 bits per heavy atom. The van der Waals surface area contributed by atoms with E-state index in [-0.39, 0.29) is 0 Å². The second kappa shape index (κ2) is 6.14. The third-order valence-electron chi connectivity index (χ3n) is 3.28. The molecule has 0 unspecified atom stereocenters. The summed E-state index contributed by atoms with van der Waals surface area (Å²) < 4.78 is 6.80. The van der Waals surface area contributed by atoms with Crippen LogP contribution in [0.4, 0.5) is 5.69 Å². The SMILES string of the molecule is CCCCOc1ccc(-c2nc3ccc(N)cc3s2)cc1. The van der Waals surface area contributed by atoms with Crippen LogP contribution in [0.2, 0.25) is 0 Å². The fourth-order valence-electron chi connectivity index (χ4n) is 2.09. The van der Waals surface area contributed by atoms with Crippen molar-refractivity contribution in [1.82, 2.24) is 4.98 Å². The Hall–Kier alpha value is -2.07. The van der Waals surface area contributed by atoms with Gasteiger partial charge in [0, 0.05) is 11.3 Å². The van der Waals surface area contributed by atoms with E-state index in [1.165, 1.54) is 0 Å². The van der Waals surface area contributed by atoms with Gasteiger partial charge in [0.1, 0.15) is 10.8 Å². The number of hydrogen-bond acceptors (Lipinski definition) is 4. The van der Waals surface area contributed by atoms with Crippen LogP contribution in [0.25, 0.3) is 20.8 Å². The molecule has 0 amide bonds. The molecule has 0 bridgehead atoms. The molecule has 3 nitrogen and oxygen atoms in total. The number of benzene rings is 2. The zero-order chi connectivity index (χ0) is 14.7. The summed E-state index contributed by atoms with van der Waals surface area (Å²) in [6.45, 7) is 2.93. The predicted octanol–water partition coefficient (Wildman–Crippen LogP) is 4.72. The molecule has 4 heteroatoms. The molecular formula is C17H18N2OS. The number of aromatic nitrogens is 1. The first kappa shape index (κ1) is 13.9. The van der Waals surface area contributed by atoms with Gasteiger partial charge in [0.25, 0.3) is 0 Å². The van der Waals surface area contributed by atoms with Crippen molar-refractivity contribution < 1.29 is 4.74 Å². The molecule has 0 aliphatic heterocycles. The minimum atomic E-state index is 0.774. The summed E-state index contributed by atoms with van der Waals surface area (Å²) in [6, 6.07) is 13.9. The molecule has 0 atom stereocenters. The van der Waals surface area contributed by atoms with Crippen LogP contribution in [0.5, 0.6) is 5.75 Å². The fraction of sp³-hybridized carbons (Fsp3) is 0.235. The molecular weight excluding hydrogens is 280 g/mol. The molecule has 3 rings (SSSR count). The molecule has 2 aromatic carbocycles. The van der Waals surface area contributed by atoms with Crippen molar-refractivity contribution in [2.45, 2.75) is 19.8 Å². The topological polar surface area (TPSA) is 48.1 Å². The average Bonchev–Trinajstić information content (AvgIpc) is 2.91. The van der Waals surface area contributed by atoms with E-state index in [4.69, 9.17) is 10.5 Å². The summed E-state index contributed by atoms with van der Waals surface area (Å²) in [7, 11) is 0. The summed E-state index contributed by atoms with van der Waals surface area (Å²) in [5, 5.41) is 1.01. The van der Waals surface area contributed by atoms with E-state index in [2.05, 4.69) is 24.0 Å². The Balaban J connectivity index is 1.81. The summed E-state index contributed by atoms with van der Waals surface area (Å²) in [6.07, 6.45) is 2.23. The Morgan fingerprint density at radius 1 is 1.14 bits per heavy atom. The van der Waals surface area contributed by atoms with Gasteiger partial charge >= 0.3 is 0 Å². The van der Waals surface area contributed by atoms with Crippen molar-refractivity contribution in [3.05, 3.63) is 42.5 Å². The van der Waals surface area contributed by atoms with Gasteiger partial charge in [-0.3, -0.25) is 0 Å². The van der Waals surface area contributed by atoms with Crippen LogP contribution in [0.15, 0.2) is 42.5 Å². The monoisotopic (exact) mass is 298 g/mol. The zero-order valence-corrected chi connectivity index (χ0v) is 12.8. The van der Waals surface area contributed by atoms with E-state index in [9.17, 15) is 0 Å². The third-order valence-corrected chi connectivity index (χ3v) is 4.35. The van der Waals surface area contributed by atoms with E-state index in [0.29, 0.717) is 0 Å². The van der Waals surface area contributed by atoms with E-state index in [1.807, 2.05) is 30.3 Å². The summed E-state index contributed by atoms with van der Waals surface area (Å²) in [5.41, 5.74) is 8.69. The smallest absolute Gasteiger partial charge is 0.124 e. The first-order valence-corrected chi connectivity index (χ1v) is 7.97. The van der Waals surface area contributed by atoms with Crippen LogP contribution in [0, 0.1) is 0 Å². The third kappa shape index (κ3) is 3.16. The van der Waals surface area contributed by atoms with Gasteiger partial charge in [0.15, 0.2) is 0 Å². The normalized spacial score (nSPS) is 10.9. The first-order chi connectivity index (χ1) is 10.3. The Kier molecular flexibility index (Phi) is 4.06. The number of nitrogen functional groups attached to an aromatic ring is 1. The Labute approximate surface area is 128 Å². The highest BCUT2D eigenvalue weighted by Crippen LogP contribution is 2.32. The highest BCUT2D eigenvalue weighted by molar-refractivity contribution is 7.21. The Bertz CT molecular complexity index is 734. The van der Waals surface area contributed by atoms with Crippen molar-refractivity contribution >= 4 is 27.2 Å². The molecule has 0 fully saturated rings. The van der Waals surface area contributed by atoms with Gasteiger partial charge in [-0.15, -0.1) is 11.3 Å². The van der Waals surface area contributed by atoms with Gasteiger partial charge in [-0.05, 0) is 48.9 Å². The number of rotatable bonds is 5. The van der Waals surface area contributed by atoms with Crippen LogP contribution in [0.1, 0.15) is 19.8 Å². The van der Waals surface area contributed by atoms with Gasteiger partial charge in [-0.1, -0.05) is 13.3 Å². The van der Waals surface area contributed by atoms with Gasteiger partial charge in [-0.2, -0.15) is 0 Å². The Morgan fingerprint density at radius 2 is 1.95 bits per heavy atom. The highest BCUT2D eigenvalue weighted by Gasteiger charge is 2.06. The van der Waals surface area contributed by atoms with Crippen molar-refractivity contribution in [2.75, 3.05) is 12.3 Å². The van der Waals surface area contributed by atoms with Crippen LogP contribution >= 0.6 is 11.3 Å². The predicted molar refractivity (Wildman–Crippen MR) is 89.9 cm³/mol. The van der Waals surface area contributed by atoms with E-state index in [0.717, 1.165) is 51.7 Å².